The summed E-state index contributed by atoms with van der Waals surface area (Å²) in [6, 6.07) is 6.41. The average Bonchev–Trinajstić information content (AvgIpc) is 2.32. The molecule has 0 spiro atoms. The van der Waals surface area contributed by atoms with Crippen LogP contribution in [0.4, 0.5) is 4.39 Å². The normalized spacial score (nSPS) is 11.4. The Morgan fingerprint density at radius 1 is 1.32 bits per heavy atom. The quantitative estimate of drug-likeness (QED) is 0.451. The molecule has 0 aliphatic heterocycles. The summed E-state index contributed by atoms with van der Waals surface area (Å²) in [6.45, 7) is 6.76. The molecule has 1 aromatic rings. The molecule has 2 nitrogen and oxygen atoms in total. The lowest BCUT2D eigenvalue weighted by Gasteiger charge is -2.17. The maximum Gasteiger partial charge on any atom is 0.316 e. The van der Waals surface area contributed by atoms with Crippen molar-refractivity contribution in [2.45, 2.75) is 30.4 Å². The van der Waals surface area contributed by atoms with Crippen molar-refractivity contribution in [1.82, 2.24) is 0 Å². The number of rotatable bonds is 6. The van der Waals surface area contributed by atoms with Crippen molar-refractivity contribution in [3.8, 4) is 0 Å². The molecule has 0 aliphatic rings. The number of carbonyl (C=O) groups is 1. The third-order valence-electron chi connectivity index (χ3n) is 2.06. The van der Waals surface area contributed by atoms with Crippen LogP contribution in [0.1, 0.15) is 20.8 Å². The van der Waals surface area contributed by atoms with Gasteiger partial charge < -0.3 is 4.74 Å². The SMILES string of the molecule is CC(C)(C)SCCOC(=O)CSc1ccccc1F. The van der Waals surface area contributed by atoms with Crippen molar-refractivity contribution < 1.29 is 13.9 Å². The van der Waals surface area contributed by atoms with Gasteiger partial charge in [0.25, 0.3) is 0 Å². The third-order valence-corrected chi connectivity index (χ3v) is 4.32. The Hall–Kier alpha value is -0.680. The monoisotopic (exact) mass is 302 g/mol. The van der Waals surface area contributed by atoms with Crippen LogP contribution in [-0.2, 0) is 9.53 Å². The van der Waals surface area contributed by atoms with Gasteiger partial charge in [-0.2, -0.15) is 11.8 Å². The van der Waals surface area contributed by atoms with E-state index in [0.29, 0.717) is 11.5 Å². The van der Waals surface area contributed by atoms with Gasteiger partial charge in [0.2, 0.25) is 0 Å². The number of hydrogen-bond donors (Lipinski definition) is 0. The third kappa shape index (κ3) is 7.47. The van der Waals surface area contributed by atoms with E-state index in [1.54, 1.807) is 30.0 Å². The zero-order valence-corrected chi connectivity index (χ0v) is 13.1. The summed E-state index contributed by atoms with van der Waals surface area (Å²) in [6.07, 6.45) is 0. The molecule has 0 saturated carbocycles. The Balaban J connectivity index is 2.20. The van der Waals surface area contributed by atoms with Gasteiger partial charge in [0, 0.05) is 15.4 Å². The van der Waals surface area contributed by atoms with Gasteiger partial charge in [0.05, 0.1) is 5.75 Å². The first kappa shape index (κ1) is 16.4. The van der Waals surface area contributed by atoms with Crippen molar-refractivity contribution in [3.05, 3.63) is 30.1 Å². The molecule has 0 aromatic heterocycles. The van der Waals surface area contributed by atoms with Crippen molar-refractivity contribution in [1.29, 1.82) is 0 Å². The molecule has 0 unspecified atom stereocenters. The number of hydrogen-bond acceptors (Lipinski definition) is 4. The molecule has 106 valence electrons. The number of halogens is 1. The standard InChI is InChI=1S/C14H19FO2S2/c1-14(2,3)19-9-8-17-13(16)10-18-12-7-5-4-6-11(12)15/h4-7H,8-10H2,1-3H3. The van der Waals surface area contributed by atoms with Crippen LogP contribution in [-0.4, -0.2) is 28.8 Å². The Morgan fingerprint density at radius 2 is 2.00 bits per heavy atom. The molecule has 0 amide bonds. The molecule has 0 heterocycles. The fourth-order valence-corrected chi connectivity index (χ4v) is 2.76. The summed E-state index contributed by atoms with van der Waals surface area (Å²) in [5, 5.41) is 0. The van der Waals surface area contributed by atoms with E-state index in [1.165, 1.54) is 6.07 Å². The van der Waals surface area contributed by atoms with E-state index in [2.05, 4.69) is 20.8 Å². The first-order valence-corrected chi connectivity index (χ1v) is 8.02. The second kappa shape index (κ2) is 7.80. The number of benzene rings is 1. The lowest BCUT2D eigenvalue weighted by molar-refractivity contribution is -0.139. The predicted molar refractivity (Wildman–Crippen MR) is 80.3 cm³/mol. The molecular formula is C14H19FO2S2. The number of esters is 1. The van der Waals surface area contributed by atoms with Crippen molar-refractivity contribution in [2.24, 2.45) is 0 Å². The van der Waals surface area contributed by atoms with Crippen LogP contribution in [0, 0.1) is 5.82 Å². The molecule has 0 aliphatic carbocycles. The summed E-state index contributed by atoms with van der Waals surface area (Å²) < 4.78 is 18.6. The van der Waals surface area contributed by atoms with Crippen LogP contribution in [0.2, 0.25) is 0 Å². The van der Waals surface area contributed by atoms with Gasteiger partial charge >= 0.3 is 5.97 Å². The summed E-state index contributed by atoms with van der Waals surface area (Å²) in [5.74, 6) is 0.312. The van der Waals surface area contributed by atoms with E-state index < -0.39 is 0 Å². The van der Waals surface area contributed by atoms with Crippen LogP contribution in [0.25, 0.3) is 0 Å². The Morgan fingerprint density at radius 3 is 2.63 bits per heavy atom. The van der Waals surface area contributed by atoms with Crippen LogP contribution >= 0.6 is 23.5 Å². The lowest BCUT2D eigenvalue weighted by Crippen LogP contribution is -2.14. The summed E-state index contributed by atoms with van der Waals surface area (Å²) in [5.41, 5.74) is 0. The van der Waals surface area contributed by atoms with E-state index in [0.717, 1.165) is 17.5 Å². The van der Waals surface area contributed by atoms with E-state index in [4.69, 9.17) is 4.74 Å². The minimum absolute atomic E-state index is 0.140. The van der Waals surface area contributed by atoms with E-state index >= 15 is 0 Å². The molecule has 1 rings (SSSR count). The molecule has 19 heavy (non-hydrogen) atoms. The van der Waals surface area contributed by atoms with Crippen LogP contribution in [0.3, 0.4) is 0 Å². The van der Waals surface area contributed by atoms with Crippen molar-refractivity contribution in [2.75, 3.05) is 18.1 Å². The molecule has 0 N–H and O–H groups in total. The van der Waals surface area contributed by atoms with Gasteiger partial charge in [-0.3, -0.25) is 4.79 Å². The predicted octanol–water partition coefficient (Wildman–Crippen LogP) is 3.99. The molecular weight excluding hydrogens is 283 g/mol. The molecule has 0 atom stereocenters. The van der Waals surface area contributed by atoms with Gasteiger partial charge in [0.1, 0.15) is 12.4 Å². The largest absolute Gasteiger partial charge is 0.464 e. The zero-order chi connectivity index (χ0) is 14.3. The fourth-order valence-electron chi connectivity index (χ4n) is 1.24. The lowest BCUT2D eigenvalue weighted by atomic mass is 10.3. The minimum Gasteiger partial charge on any atom is -0.464 e. The minimum atomic E-state index is -0.303. The number of ether oxygens (including phenoxy) is 1. The number of carbonyl (C=O) groups excluding carboxylic acids is 1. The van der Waals surface area contributed by atoms with Crippen LogP contribution in [0.15, 0.2) is 29.2 Å². The maximum atomic E-state index is 13.3. The zero-order valence-electron chi connectivity index (χ0n) is 11.4. The molecule has 1 aromatic carbocycles. The highest BCUT2D eigenvalue weighted by atomic mass is 32.2. The fraction of sp³-hybridized carbons (Fsp3) is 0.500. The molecule has 0 bridgehead atoms. The molecule has 5 heteroatoms. The van der Waals surface area contributed by atoms with Crippen LogP contribution < -0.4 is 0 Å². The second-order valence-corrected chi connectivity index (χ2v) is 7.84. The Labute approximate surface area is 122 Å². The van der Waals surface area contributed by atoms with E-state index in [1.807, 2.05) is 0 Å². The molecule has 0 radical (unpaired) electrons. The van der Waals surface area contributed by atoms with Crippen LogP contribution in [0.5, 0.6) is 0 Å². The number of thioether (sulfide) groups is 2. The highest BCUT2D eigenvalue weighted by Crippen LogP contribution is 2.23. The highest BCUT2D eigenvalue weighted by Gasteiger charge is 2.11. The average molecular weight is 302 g/mol. The van der Waals surface area contributed by atoms with Gasteiger partial charge in [-0.25, -0.2) is 4.39 Å². The summed E-state index contributed by atoms with van der Waals surface area (Å²) >= 11 is 2.91. The molecule has 0 saturated heterocycles. The first-order chi connectivity index (χ1) is 8.88. The van der Waals surface area contributed by atoms with Gasteiger partial charge in [0.15, 0.2) is 0 Å². The van der Waals surface area contributed by atoms with Crippen molar-refractivity contribution in [3.63, 3.8) is 0 Å². The van der Waals surface area contributed by atoms with Gasteiger partial charge in [-0.1, -0.05) is 32.9 Å². The topological polar surface area (TPSA) is 26.3 Å². The Kier molecular flexibility index (Phi) is 6.72. The summed E-state index contributed by atoms with van der Waals surface area (Å²) in [7, 11) is 0. The second-order valence-electron chi connectivity index (χ2n) is 4.90. The smallest absolute Gasteiger partial charge is 0.316 e. The Bertz CT molecular complexity index is 416. The summed E-state index contributed by atoms with van der Waals surface area (Å²) in [4.78, 5) is 12.0. The van der Waals surface area contributed by atoms with Crippen molar-refractivity contribution >= 4 is 29.5 Å². The molecule has 0 fully saturated rings. The first-order valence-electron chi connectivity index (χ1n) is 6.05. The van der Waals surface area contributed by atoms with Gasteiger partial charge in [-0.05, 0) is 12.1 Å². The maximum absolute atomic E-state index is 13.3. The van der Waals surface area contributed by atoms with E-state index in [9.17, 15) is 9.18 Å². The highest BCUT2D eigenvalue weighted by molar-refractivity contribution is 8.00. The van der Waals surface area contributed by atoms with Gasteiger partial charge in [-0.15, -0.1) is 11.8 Å². The van der Waals surface area contributed by atoms with E-state index in [-0.39, 0.29) is 22.3 Å².